The molecule has 0 atom stereocenters. The first-order valence-electron chi connectivity index (χ1n) is 5.60. The van der Waals surface area contributed by atoms with Crippen molar-refractivity contribution in [1.29, 1.82) is 0 Å². The van der Waals surface area contributed by atoms with E-state index in [-0.39, 0.29) is 5.82 Å². The van der Waals surface area contributed by atoms with E-state index in [9.17, 15) is 4.39 Å². The zero-order valence-corrected chi connectivity index (χ0v) is 8.91. The van der Waals surface area contributed by atoms with Gasteiger partial charge in [-0.1, -0.05) is 30.3 Å². The zero-order valence-electron chi connectivity index (χ0n) is 8.91. The predicted octanol–water partition coefficient (Wildman–Crippen LogP) is 4.17. The number of hydrogen-bond acceptors (Lipinski definition) is 0. The van der Waals surface area contributed by atoms with Crippen LogP contribution in [-0.2, 0) is 0 Å². The molecule has 1 saturated carbocycles. The van der Waals surface area contributed by atoms with Crippen molar-refractivity contribution in [3.8, 4) is 11.1 Å². The molecule has 16 heavy (non-hydrogen) atoms. The maximum absolute atomic E-state index is 12.9. The minimum Gasteiger partial charge on any atom is -0.207 e. The number of benzene rings is 2. The smallest absolute Gasteiger partial charge is 0.123 e. The Morgan fingerprint density at radius 1 is 1.06 bits per heavy atom. The molecule has 2 aromatic rings. The van der Waals surface area contributed by atoms with Gasteiger partial charge < -0.3 is 0 Å². The molecule has 1 aliphatic carbocycles. The first-order chi connectivity index (χ1) is 7.84. The summed E-state index contributed by atoms with van der Waals surface area (Å²) in [6.45, 7) is 0. The molecule has 0 unspecified atom stereocenters. The van der Waals surface area contributed by atoms with E-state index in [0.717, 1.165) is 5.56 Å². The Morgan fingerprint density at radius 3 is 2.50 bits per heavy atom. The van der Waals surface area contributed by atoms with Crippen molar-refractivity contribution in [3.05, 3.63) is 59.9 Å². The molecule has 0 N–H and O–H groups in total. The van der Waals surface area contributed by atoms with Gasteiger partial charge in [-0.3, -0.25) is 0 Å². The number of rotatable bonds is 2. The summed E-state index contributed by atoms with van der Waals surface area (Å²) < 4.78 is 12.9. The topological polar surface area (TPSA) is 0 Å². The quantitative estimate of drug-likeness (QED) is 0.699. The van der Waals surface area contributed by atoms with E-state index in [2.05, 4.69) is 18.2 Å². The average molecular weight is 211 g/mol. The van der Waals surface area contributed by atoms with Gasteiger partial charge in [0.25, 0.3) is 0 Å². The molecule has 0 saturated heterocycles. The molecule has 79 valence electrons. The standard InChI is InChI=1S/C15H12F/c16-13-9-7-12(8-10-13)15-4-2-1-3-14(15)11-5-6-11/h2-4,7-11H,5-6H2. The third kappa shape index (κ3) is 1.73. The second kappa shape index (κ2) is 3.75. The van der Waals surface area contributed by atoms with Crippen LogP contribution in [0.15, 0.2) is 42.5 Å². The Balaban J connectivity index is 2.08. The van der Waals surface area contributed by atoms with E-state index in [0.29, 0.717) is 5.92 Å². The first kappa shape index (κ1) is 9.59. The largest absolute Gasteiger partial charge is 0.207 e. The summed E-state index contributed by atoms with van der Waals surface area (Å²) in [6.07, 6.45) is 2.54. The Bertz CT molecular complexity index is 495. The van der Waals surface area contributed by atoms with Crippen LogP contribution in [0.4, 0.5) is 4.39 Å². The lowest BCUT2D eigenvalue weighted by Gasteiger charge is -2.08. The zero-order chi connectivity index (χ0) is 11.0. The van der Waals surface area contributed by atoms with Crippen LogP contribution in [-0.4, -0.2) is 0 Å². The van der Waals surface area contributed by atoms with Gasteiger partial charge in [0.1, 0.15) is 5.82 Å². The van der Waals surface area contributed by atoms with Gasteiger partial charge in [0, 0.05) is 0 Å². The van der Waals surface area contributed by atoms with Crippen LogP contribution in [0.3, 0.4) is 0 Å². The summed E-state index contributed by atoms with van der Waals surface area (Å²) in [4.78, 5) is 0. The van der Waals surface area contributed by atoms with Crippen molar-refractivity contribution in [1.82, 2.24) is 0 Å². The molecule has 0 nitrogen and oxygen atoms in total. The minimum absolute atomic E-state index is 0.181. The molecule has 0 amide bonds. The van der Waals surface area contributed by atoms with Crippen molar-refractivity contribution in [2.75, 3.05) is 0 Å². The van der Waals surface area contributed by atoms with Crippen molar-refractivity contribution in [2.24, 2.45) is 0 Å². The second-order valence-corrected chi connectivity index (χ2v) is 4.29. The lowest BCUT2D eigenvalue weighted by atomic mass is 9.97. The highest BCUT2D eigenvalue weighted by Crippen LogP contribution is 2.44. The third-order valence-electron chi connectivity index (χ3n) is 3.07. The Kier molecular flexibility index (Phi) is 2.24. The maximum atomic E-state index is 12.9. The normalized spacial score (nSPS) is 15.1. The summed E-state index contributed by atoms with van der Waals surface area (Å²) in [7, 11) is 0. The highest BCUT2D eigenvalue weighted by Gasteiger charge is 2.25. The summed E-state index contributed by atoms with van der Waals surface area (Å²) in [5.74, 6) is 0.511. The highest BCUT2D eigenvalue weighted by molar-refractivity contribution is 5.68. The van der Waals surface area contributed by atoms with Gasteiger partial charge >= 0.3 is 0 Å². The van der Waals surface area contributed by atoms with Crippen LogP contribution in [0, 0.1) is 11.9 Å². The van der Waals surface area contributed by atoms with Gasteiger partial charge in [-0.2, -0.15) is 0 Å². The molecule has 0 bridgehead atoms. The summed E-state index contributed by atoms with van der Waals surface area (Å²) in [5.41, 5.74) is 3.67. The van der Waals surface area contributed by atoms with Gasteiger partial charge in [-0.25, -0.2) is 4.39 Å². The number of hydrogen-bond donors (Lipinski definition) is 0. The fourth-order valence-corrected chi connectivity index (χ4v) is 2.07. The van der Waals surface area contributed by atoms with Gasteiger partial charge in [-0.15, -0.1) is 0 Å². The van der Waals surface area contributed by atoms with E-state index in [4.69, 9.17) is 0 Å². The third-order valence-corrected chi connectivity index (χ3v) is 3.07. The maximum Gasteiger partial charge on any atom is 0.123 e. The fourth-order valence-electron chi connectivity index (χ4n) is 2.07. The average Bonchev–Trinajstić information content (AvgIpc) is 3.14. The molecule has 1 radical (unpaired) electrons. The highest BCUT2D eigenvalue weighted by atomic mass is 19.1. The van der Waals surface area contributed by atoms with Gasteiger partial charge in [0.05, 0.1) is 0 Å². The van der Waals surface area contributed by atoms with Crippen LogP contribution in [0.1, 0.15) is 24.3 Å². The molecule has 0 aliphatic heterocycles. The monoisotopic (exact) mass is 211 g/mol. The lowest BCUT2D eigenvalue weighted by Crippen LogP contribution is -1.87. The number of halogens is 1. The summed E-state index contributed by atoms with van der Waals surface area (Å²) in [6, 6.07) is 15.9. The van der Waals surface area contributed by atoms with Gasteiger partial charge in [0.15, 0.2) is 0 Å². The van der Waals surface area contributed by atoms with Crippen LogP contribution in [0.5, 0.6) is 0 Å². The molecular formula is C15H12F. The van der Waals surface area contributed by atoms with Crippen LogP contribution in [0.25, 0.3) is 11.1 Å². The molecular weight excluding hydrogens is 199 g/mol. The van der Waals surface area contributed by atoms with Crippen molar-refractivity contribution < 1.29 is 4.39 Å². The fraction of sp³-hybridized carbons (Fsp3) is 0.200. The lowest BCUT2D eigenvalue weighted by molar-refractivity contribution is 0.628. The Labute approximate surface area is 94.7 Å². The second-order valence-electron chi connectivity index (χ2n) is 4.29. The van der Waals surface area contributed by atoms with Crippen LogP contribution < -0.4 is 0 Å². The molecule has 0 aromatic heterocycles. The van der Waals surface area contributed by atoms with Crippen LogP contribution >= 0.6 is 0 Å². The van der Waals surface area contributed by atoms with Gasteiger partial charge in [-0.05, 0) is 53.6 Å². The molecule has 2 aromatic carbocycles. The van der Waals surface area contributed by atoms with Crippen molar-refractivity contribution >= 4 is 0 Å². The minimum atomic E-state index is -0.181. The van der Waals surface area contributed by atoms with Crippen LogP contribution in [0.2, 0.25) is 0 Å². The van der Waals surface area contributed by atoms with Gasteiger partial charge in [0.2, 0.25) is 0 Å². The SMILES string of the molecule is Fc1ccc(-c2cc[c]cc2C2CC2)cc1. The molecule has 1 heteroatoms. The van der Waals surface area contributed by atoms with E-state index in [1.54, 1.807) is 0 Å². The van der Waals surface area contributed by atoms with E-state index in [1.807, 2.05) is 18.2 Å². The molecule has 1 aliphatic rings. The summed E-state index contributed by atoms with van der Waals surface area (Å²) in [5, 5.41) is 0. The molecule has 3 rings (SSSR count). The Hall–Kier alpha value is -1.63. The Morgan fingerprint density at radius 2 is 1.81 bits per heavy atom. The first-order valence-corrected chi connectivity index (χ1v) is 5.60. The summed E-state index contributed by atoms with van der Waals surface area (Å²) >= 11 is 0. The van der Waals surface area contributed by atoms with E-state index >= 15 is 0 Å². The van der Waals surface area contributed by atoms with E-state index < -0.39 is 0 Å². The molecule has 1 fully saturated rings. The predicted molar refractivity (Wildman–Crippen MR) is 62.6 cm³/mol. The molecule has 0 spiro atoms. The molecule has 0 heterocycles. The van der Waals surface area contributed by atoms with Crippen molar-refractivity contribution in [3.63, 3.8) is 0 Å². The van der Waals surface area contributed by atoms with E-state index in [1.165, 1.54) is 36.1 Å². The van der Waals surface area contributed by atoms with Crippen molar-refractivity contribution in [2.45, 2.75) is 18.8 Å².